The number of imidazole rings is 1. The maximum Gasteiger partial charge on any atom is 0.180 e. The van der Waals surface area contributed by atoms with Crippen LogP contribution in [0, 0.1) is 0 Å². The van der Waals surface area contributed by atoms with E-state index >= 15 is 0 Å². The van der Waals surface area contributed by atoms with Crippen LogP contribution < -0.4 is 4.90 Å². The molecule has 1 aliphatic heterocycles. The molecule has 1 aliphatic rings. The molecular weight excluding hydrogens is 403 g/mol. The van der Waals surface area contributed by atoms with Gasteiger partial charge in [-0.15, -0.1) is 0 Å². The predicted molar refractivity (Wildman–Crippen MR) is 117 cm³/mol. The monoisotopic (exact) mass is 424 g/mol. The van der Waals surface area contributed by atoms with E-state index in [0.29, 0.717) is 30.1 Å². The maximum absolute atomic E-state index is 14.3. The third-order valence-electron chi connectivity index (χ3n) is 5.86. The average molecular weight is 425 g/mol. The van der Waals surface area contributed by atoms with Gasteiger partial charge in [-0.05, 0) is 48.9 Å². The van der Waals surface area contributed by atoms with Gasteiger partial charge in [0.15, 0.2) is 5.65 Å². The Morgan fingerprint density at radius 2 is 2.20 bits per heavy atom. The molecule has 8 heteroatoms. The Kier molecular flexibility index (Phi) is 4.98. The molecule has 0 bridgehead atoms. The Labute approximate surface area is 178 Å². The van der Waals surface area contributed by atoms with E-state index in [-0.39, 0.29) is 5.92 Å². The van der Waals surface area contributed by atoms with Crippen molar-refractivity contribution < 1.29 is 4.39 Å². The zero-order valence-electron chi connectivity index (χ0n) is 16.6. The number of aromatic nitrogens is 5. The van der Waals surface area contributed by atoms with Crippen LogP contribution in [0.25, 0.3) is 22.1 Å². The third-order valence-corrected chi connectivity index (χ3v) is 6.17. The number of hydrogen-bond acceptors (Lipinski definition) is 5. The number of halogens is 2. The van der Waals surface area contributed by atoms with Crippen LogP contribution >= 0.6 is 11.6 Å². The lowest BCUT2D eigenvalue weighted by Gasteiger charge is -2.34. The molecule has 1 N–H and O–H groups in total. The van der Waals surface area contributed by atoms with Gasteiger partial charge in [0.1, 0.15) is 18.0 Å². The molecule has 0 amide bonds. The first-order valence-corrected chi connectivity index (χ1v) is 10.6. The van der Waals surface area contributed by atoms with Crippen molar-refractivity contribution >= 4 is 39.4 Å². The molecule has 2 unspecified atom stereocenters. The smallest absolute Gasteiger partial charge is 0.180 e. The molecule has 4 aromatic rings. The highest BCUT2D eigenvalue weighted by Gasteiger charge is 2.27. The van der Waals surface area contributed by atoms with Crippen LogP contribution in [0.5, 0.6) is 0 Å². The van der Waals surface area contributed by atoms with Crippen molar-refractivity contribution in [3.63, 3.8) is 0 Å². The maximum atomic E-state index is 14.3. The summed E-state index contributed by atoms with van der Waals surface area (Å²) in [4.78, 5) is 22.8. The molecule has 6 nitrogen and oxygen atoms in total. The molecule has 1 fully saturated rings. The van der Waals surface area contributed by atoms with Gasteiger partial charge in [-0.25, -0.2) is 19.3 Å². The molecule has 0 spiro atoms. The Balaban J connectivity index is 1.62. The molecule has 0 radical (unpaired) electrons. The number of alkyl halides is 1. The van der Waals surface area contributed by atoms with Crippen LogP contribution in [0.15, 0.2) is 37.1 Å². The van der Waals surface area contributed by atoms with Gasteiger partial charge in [-0.2, -0.15) is 0 Å². The summed E-state index contributed by atoms with van der Waals surface area (Å²) >= 11 is 6.65. The van der Waals surface area contributed by atoms with E-state index in [0.717, 1.165) is 46.3 Å². The summed E-state index contributed by atoms with van der Waals surface area (Å²) in [5.41, 5.74) is 5.27. The topological polar surface area (TPSA) is 70.6 Å². The average Bonchev–Trinajstić information content (AvgIpc) is 3.23. The lowest BCUT2D eigenvalue weighted by Crippen LogP contribution is -2.37. The Morgan fingerprint density at radius 1 is 1.30 bits per heavy atom. The number of anilines is 1. The first-order valence-electron chi connectivity index (χ1n) is 10.2. The standard InChI is InChI=1S/C22H22ClFN6/c1-13(8-18-20-22(28-11-26-18)29-12-27-20)16-9-17(23)15-5-2-6-25-19(15)21(16)30-7-3-4-14(24)10-30/h2,5-6,9,11-14H,3-4,7-8,10H2,1H3,(H,26,27,28,29). The molecule has 30 heavy (non-hydrogen) atoms. The van der Waals surface area contributed by atoms with E-state index in [9.17, 15) is 4.39 Å². The fourth-order valence-corrected chi connectivity index (χ4v) is 4.68. The van der Waals surface area contributed by atoms with Crippen molar-refractivity contribution in [3.05, 3.63) is 53.3 Å². The van der Waals surface area contributed by atoms with Gasteiger partial charge in [0.05, 0.1) is 28.2 Å². The molecule has 5 rings (SSSR count). The van der Waals surface area contributed by atoms with Crippen LogP contribution in [-0.4, -0.2) is 44.2 Å². The normalized spacial score (nSPS) is 18.2. The molecule has 154 valence electrons. The molecule has 3 aromatic heterocycles. The second-order valence-corrected chi connectivity index (χ2v) is 8.32. The number of fused-ring (bicyclic) bond motifs is 2. The van der Waals surface area contributed by atoms with Gasteiger partial charge < -0.3 is 9.88 Å². The zero-order valence-corrected chi connectivity index (χ0v) is 17.4. The number of nitrogens with one attached hydrogen (secondary N) is 1. The Morgan fingerprint density at radius 3 is 3.07 bits per heavy atom. The molecule has 1 aromatic carbocycles. The summed E-state index contributed by atoms with van der Waals surface area (Å²) in [5, 5.41) is 1.55. The largest absolute Gasteiger partial charge is 0.367 e. The first kappa shape index (κ1) is 19.2. The van der Waals surface area contributed by atoms with E-state index in [4.69, 9.17) is 11.6 Å². The Bertz CT molecular complexity index is 1210. The van der Waals surface area contributed by atoms with E-state index < -0.39 is 6.17 Å². The second kappa shape index (κ2) is 7.80. The molecule has 2 atom stereocenters. The number of H-pyrrole nitrogens is 1. The minimum Gasteiger partial charge on any atom is -0.367 e. The molecule has 0 aliphatic carbocycles. The van der Waals surface area contributed by atoms with Gasteiger partial charge >= 0.3 is 0 Å². The van der Waals surface area contributed by atoms with E-state index in [1.165, 1.54) is 0 Å². The number of rotatable bonds is 4. The van der Waals surface area contributed by atoms with Crippen LogP contribution in [-0.2, 0) is 6.42 Å². The SMILES string of the molecule is CC(Cc1ncnc2nc[nH]c12)c1cc(Cl)c2cccnc2c1N1CCCC(F)C1. The third kappa shape index (κ3) is 3.37. The Hall–Kier alpha value is -2.80. The summed E-state index contributed by atoms with van der Waals surface area (Å²) in [5.74, 6) is 0.0882. The number of hydrogen-bond donors (Lipinski definition) is 1. The number of nitrogens with zero attached hydrogens (tertiary/aromatic N) is 5. The molecule has 4 heterocycles. The lowest BCUT2D eigenvalue weighted by atomic mass is 9.91. The van der Waals surface area contributed by atoms with Crippen molar-refractivity contribution in [1.29, 1.82) is 0 Å². The number of piperidine rings is 1. The number of aromatic amines is 1. The van der Waals surface area contributed by atoms with Crippen LogP contribution in [0.1, 0.15) is 36.9 Å². The first-order chi connectivity index (χ1) is 14.6. The van der Waals surface area contributed by atoms with Crippen molar-refractivity contribution in [2.24, 2.45) is 0 Å². The minimum atomic E-state index is -0.831. The lowest BCUT2D eigenvalue weighted by molar-refractivity contribution is 0.287. The fraction of sp³-hybridized carbons (Fsp3) is 0.364. The molecule has 0 saturated carbocycles. The van der Waals surface area contributed by atoms with Crippen molar-refractivity contribution in [3.8, 4) is 0 Å². The molecule has 1 saturated heterocycles. The highest BCUT2D eigenvalue weighted by atomic mass is 35.5. The quantitative estimate of drug-likeness (QED) is 0.507. The van der Waals surface area contributed by atoms with Crippen LogP contribution in [0.2, 0.25) is 5.02 Å². The summed E-state index contributed by atoms with van der Waals surface area (Å²) in [6.07, 6.45) is 6.22. The van der Waals surface area contributed by atoms with Crippen LogP contribution in [0.4, 0.5) is 10.1 Å². The van der Waals surface area contributed by atoms with Gasteiger partial charge in [0, 0.05) is 24.7 Å². The minimum absolute atomic E-state index is 0.0882. The summed E-state index contributed by atoms with van der Waals surface area (Å²) in [6, 6.07) is 5.86. The van der Waals surface area contributed by atoms with Gasteiger partial charge in [-0.3, -0.25) is 4.98 Å². The number of benzene rings is 1. The zero-order chi connectivity index (χ0) is 20.7. The van der Waals surface area contributed by atoms with E-state index in [1.807, 2.05) is 18.2 Å². The van der Waals surface area contributed by atoms with E-state index in [1.54, 1.807) is 18.9 Å². The van der Waals surface area contributed by atoms with Gasteiger partial charge in [-0.1, -0.05) is 18.5 Å². The van der Waals surface area contributed by atoms with E-state index in [2.05, 4.69) is 36.7 Å². The number of pyridine rings is 1. The second-order valence-electron chi connectivity index (χ2n) is 7.91. The van der Waals surface area contributed by atoms with Crippen LogP contribution in [0.3, 0.4) is 0 Å². The highest BCUT2D eigenvalue weighted by Crippen LogP contribution is 2.40. The summed E-state index contributed by atoms with van der Waals surface area (Å²) in [6.45, 7) is 3.34. The summed E-state index contributed by atoms with van der Waals surface area (Å²) in [7, 11) is 0. The fourth-order valence-electron chi connectivity index (χ4n) is 4.41. The highest BCUT2D eigenvalue weighted by molar-refractivity contribution is 6.36. The molecular formula is C22H22ClFN6. The van der Waals surface area contributed by atoms with Gasteiger partial charge in [0.2, 0.25) is 0 Å². The van der Waals surface area contributed by atoms with Gasteiger partial charge in [0.25, 0.3) is 0 Å². The summed E-state index contributed by atoms with van der Waals surface area (Å²) < 4.78 is 14.3. The predicted octanol–water partition coefficient (Wildman–Crippen LogP) is 4.84. The van der Waals surface area contributed by atoms with Crippen molar-refractivity contribution in [2.45, 2.75) is 38.3 Å². The van der Waals surface area contributed by atoms with Crippen molar-refractivity contribution in [2.75, 3.05) is 18.0 Å². The van der Waals surface area contributed by atoms with Crippen molar-refractivity contribution in [1.82, 2.24) is 24.9 Å².